The van der Waals surface area contributed by atoms with Gasteiger partial charge in [0.25, 0.3) is 0 Å². The van der Waals surface area contributed by atoms with E-state index in [0.717, 1.165) is 37.6 Å². The van der Waals surface area contributed by atoms with E-state index in [1.165, 1.54) is 22.5 Å². The summed E-state index contributed by atoms with van der Waals surface area (Å²) in [5.41, 5.74) is 7.61. The molecular weight excluding hydrogens is 420 g/mol. The van der Waals surface area contributed by atoms with Crippen LogP contribution in [0.3, 0.4) is 0 Å². The number of nitrogens with zero attached hydrogens (tertiary/aromatic N) is 6. The van der Waals surface area contributed by atoms with Crippen molar-refractivity contribution in [2.24, 2.45) is 0 Å². The molecule has 0 fully saturated rings. The minimum atomic E-state index is 0.423. The van der Waals surface area contributed by atoms with Crippen molar-refractivity contribution >= 4 is 22.7 Å². The Morgan fingerprint density at radius 1 is 0.647 bits per heavy atom. The number of hydrogen-bond donors (Lipinski definition) is 0. The van der Waals surface area contributed by atoms with E-state index in [2.05, 4.69) is 80.3 Å². The monoisotopic (exact) mass is 450 g/mol. The lowest BCUT2D eigenvalue weighted by Gasteiger charge is -2.39. The second-order valence-corrected chi connectivity index (χ2v) is 9.07. The molecule has 34 heavy (non-hydrogen) atoms. The Morgan fingerprint density at radius 2 is 1.00 bits per heavy atom. The molecule has 0 spiro atoms. The smallest absolute Gasteiger partial charge is 0.101 e. The fraction of sp³-hybridized carbons (Fsp3) is 0.286. The van der Waals surface area contributed by atoms with Crippen molar-refractivity contribution < 1.29 is 0 Å². The summed E-state index contributed by atoms with van der Waals surface area (Å²) in [6, 6.07) is 25.3. The molecule has 6 heteroatoms. The molecule has 172 valence electrons. The minimum Gasteiger partial charge on any atom is -0.378 e. The summed E-state index contributed by atoms with van der Waals surface area (Å²) in [5.74, 6) is 0. The highest BCUT2D eigenvalue weighted by Gasteiger charge is 2.25. The zero-order valence-electron chi connectivity index (χ0n) is 20.3. The molecule has 4 rings (SSSR count). The summed E-state index contributed by atoms with van der Waals surface area (Å²) in [7, 11) is 8.15. The van der Waals surface area contributed by atoms with E-state index < -0.39 is 0 Å². The molecule has 0 bridgehead atoms. The van der Waals surface area contributed by atoms with E-state index in [0.29, 0.717) is 11.1 Å². The van der Waals surface area contributed by atoms with Crippen LogP contribution in [0.15, 0.2) is 60.7 Å². The summed E-state index contributed by atoms with van der Waals surface area (Å²) in [5, 5.41) is 19.3. The van der Waals surface area contributed by atoms with Crippen molar-refractivity contribution in [3.63, 3.8) is 0 Å². The third kappa shape index (κ3) is 4.77. The predicted octanol–water partition coefficient (Wildman–Crippen LogP) is 4.59. The van der Waals surface area contributed by atoms with Gasteiger partial charge >= 0.3 is 0 Å². The fourth-order valence-electron chi connectivity index (χ4n) is 4.32. The van der Waals surface area contributed by atoms with E-state index >= 15 is 0 Å². The van der Waals surface area contributed by atoms with Crippen LogP contribution < -0.4 is 19.6 Å². The van der Waals surface area contributed by atoms with Crippen LogP contribution in [-0.4, -0.2) is 41.3 Å². The topological polar surface area (TPSA) is 60.5 Å². The van der Waals surface area contributed by atoms with Gasteiger partial charge < -0.3 is 19.6 Å². The molecule has 0 saturated carbocycles. The average Bonchev–Trinajstić information content (AvgIpc) is 2.85. The van der Waals surface area contributed by atoms with Crippen LogP contribution in [0.4, 0.5) is 22.7 Å². The number of hydrogen-bond acceptors (Lipinski definition) is 6. The predicted molar refractivity (Wildman–Crippen MR) is 140 cm³/mol. The third-order valence-electron chi connectivity index (χ3n) is 6.33. The molecule has 6 nitrogen and oxygen atoms in total. The number of nitriles is 2. The Morgan fingerprint density at radius 3 is 1.29 bits per heavy atom. The zero-order chi connectivity index (χ0) is 24.2. The molecule has 0 N–H and O–H groups in total. The third-order valence-corrected chi connectivity index (χ3v) is 6.33. The van der Waals surface area contributed by atoms with Gasteiger partial charge in [0.05, 0.1) is 22.5 Å². The number of benzene rings is 3. The van der Waals surface area contributed by atoms with Gasteiger partial charge in [-0.25, -0.2) is 0 Å². The first-order valence-electron chi connectivity index (χ1n) is 11.4. The normalized spacial score (nSPS) is 12.5. The van der Waals surface area contributed by atoms with Crippen molar-refractivity contribution in [1.29, 1.82) is 10.5 Å². The second-order valence-electron chi connectivity index (χ2n) is 9.07. The van der Waals surface area contributed by atoms with Gasteiger partial charge in [0.2, 0.25) is 0 Å². The van der Waals surface area contributed by atoms with Gasteiger partial charge in [-0.15, -0.1) is 0 Å². The lowest BCUT2D eigenvalue weighted by molar-refractivity contribution is 0.694. The molecule has 0 aromatic heterocycles. The van der Waals surface area contributed by atoms with Crippen molar-refractivity contribution in [1.82, 2.24) is 0 Å². The van der Waals surface area contributed by atoms with Crippen LogP contribution in [0, 0.1) is 22.7 Å². The first-order valence-corrected chi connectivity index (χ1v) is 11.4. The van der Waals surface area contributed by atoms with Crippen LogP contribution in [0.1, 0.15) is 22.3 Å². The minimum absolute atomic E-state index is 0.423. The van der Waals surface area contributed by atoms with Crippen molar-refractivity contribution in [3.05, 3.63) is 82.9 Å². The van der Waals surface area contributed by atoms with E-state index in [1.54, 1.807) is 0 Å². The van der Waals surface area contributed by atoms with Crippen LogP contribution in [-0.2, 0) is 13.1 Å². The highest BCUT2D eigenvalue weighted by atomic mass is 15.3. The van der Waals surface area contributed by atoms with Gasteiger partial charge in [0.1, 0.15) is 12.1 Å². The second kappa shape index (κ2) is 9.77. The molecule has 0 saturated heterocycles. The van der Waals surface area contributed by atoms with Crippen LogP contribution in [0.5, 0.6) is 0 Å². The van der Waals surface area contributed by atoms with Gasteiger partial charge in [-0.3, -0.25) is 0 Å². The van der Waals surface area contributed by atoms with Crippen molar-refractivity contribution in [2.45, 2.75) is 13.1 Å². The Bertz CT molecular complexity index is 1130. The van der Waals surface area contributed by atoms with Gasteiger partial charge in [-0.2, -0.15) is 10.5 Å². The Hall–Kier alpha value is -4.16. The van der Waals surface area contributed by atoms with Crippen molar-refractivity contribution in [3.8, 4) is 12.1 Å². The van der Waals surface area contributed by atoms with Gasteiger partial charge in [-0.1, -0.05) is 24.3 Å². The van der Waals surface area contributed by atoms with Crippen LogP contribution in [0.2, 0.25) is 0 Å². The number of rotatable bonds is 6. The number of fused-ring (bicyclic) bond motifs is 1. The van der Waals surface area contributed by atoms with E-state index in [1.807, 2.05) is 40.3 Å². The van der Waals surface area contributed by atoms with Gasteiger partial charge in [-0.05, 0) is 47.5 Å². The Labute approximate surface area is 202 Å². The lowest BCUT2D eigenvalue weighted by atomic mass is 10.0. The summed E-state index contributed by atoms with van der Waals surface area (Å²) < 4.78 is 0. The van der Waals surface area contributed by atoms with E-state index in [9.17, 15) is 10.5 Å². The zero-order valence-corrected chi connectivity index (χ0v) is 20.3. The molecular formula is C28H30N6. The Kier molecular flexibility index (Phi) is 6.61. The van der Waals surface area contributed by atoms with Gasteiger partial charge in [0.15, 0.2) is 0 Å². The molecule has 1 aliphatic heterocycles. The maximum atomic E-state index is 9.64. The summed E-state index contributed by atoms with van der Waals surface area (Å²) in [4.78, 5) is 8.80. The quantitative estimate of drug-likeness (QED) is 0.548. The van der Waals surface area contributed by atoms with Gasteiger partial charge in [0, 0.05) is 65.7 Å². The van der Waals surface area contributed by atoms with E-state index in [4.69, 9.17) is 0 Å². The summed E-state index contributed by atoms with van der Waals surface area (Å²) in [6.45, 7) is 3.19. The summed E-state index contributed by atoms with van der Waals surface area (Å²) >= 11 is 0. The molecule has 1 heterocycles. The molecule has 0 radical (unpaired) electrons. The van der Waals surface area contributed by atoms with E-state index in [-0.39, 0.29) is 0 Å². The summed E-state index contributed by atoms with van der Waals surface area (Å²) in [6.07, 6.45) is 0. The highest BCUT2D eigenvalue weighted by molar-refractivity contribution is 5.78. The first kappa shape index (κ1) is 23.0. The maximum Gasteiger partial charge on any atom is 0.101 e. The molecule has 0 atom stereocenters. The highest BCUT2D eigenvalue weighted by Crippen LogP contribution is 2.37. The molecule has 3 aromatic carbocycles. The number of anilines is 4. The van der Waals surface area contributed by atoms with Crippen molar-refractivity contribution in [2.75, 3.05) is 60.9 Å². The SMILES string of the molecule is CN(C)c1ccc(CN2CCN(Cc3ccc(N(C)C)cc3)c3cc(C#N)c(C#N)cc32)cc1. The average molecular weight is 451 g/mol. The largest absolute Gasteiger partial charge is 0.378 e. The fourth-order valence-corrected chi connectivity index (χ4v) is 4.32. The molecule has 0 unspecified atom stereocenters. The van der Waals surface area contributed by atoms with Crippen LogP contribution in [0.25, 0.3) is 0 Å². The Balaban J connectivity index is 1.65. The molecule has 3 aromatic rings. The maximum absolute atomic E-state index is 9.64. The molecule has 0 amide bonds. The van der Waals surface area contributed by atoms with Crippen LogP contribution >= 0.6 is 0 Å². The lowest BCUT2D eigenvalue weighted by Crippen LogP contribution is -2.40. The molecule has 0 aliphatic carbocycles. The molecule has 1 aliphatic rings. The standard InChI is InChI=1S/C28H30N6/c1-31(2)25-9-5-21(6-10-25)19-33-13-14-34(20-22-7-11-26(12-8-22)32(3)4)28-16-24(18-30)23(17-29)15-27(28)33/h5-12,15-16H,13-14,19-20H2,1-4H3. The first-order chi connectivity index (χ1) is 16.4.